The predicted molar refractivity (Wildman–Crippen MR) is 91.9 cm³/mol. The average Bonchev–Trinajstić information content (AvgIpc) is 3.12. The zero-order valence-electron chi connectivity index (χ0n) is 15.2. The minimum absolute atomic E-state index is 0.0111. The van der Waals surface area contributed by atoms with Gasteiger partial charge in [0.15, 0.2) is 0 Å². The van der Waals surface area contributed by atoms with E-state index >= 15 is 0 Å². The van der Waals surface area contributed by atoms with Gasteiger partial charge in [-0.1, -0.05) is 12.8 Å². The van der Waals surface area contributed by atoms with Gasteiger partial charge in [0.25, 0.3) is 0 Å². The molecule has 1 aliphatic heterocycles. The summed E-state index contributed by atoms with van der Waals surface area (Å²) in [6, 6.07) is 0.251. The summed E-state index contributed by atoms with van der Waals surface area (Å²) in [5.74, 6) is 0.0111. The van der Waals surface area contributed by atoms with E-state index in [4.69, 9.17) is 14.2 Å². The summed E-state index contributed by atoms with van der Waals surface area (Å²) in [4.78, 5) is 12.5. The topological polar surface area (TPSA) is 56.8 Å². The SMILES string of the molecule is CCO[C@@H]1C[C@H](NC(=O)[C@H](C)OC[C@H]2CCCCO2)C12CCCC2. The van der Waals surface area contributed by atoms with E-state index in [1.165, 1.54) is 32.1 Å². The van der Waals surface area contributed by atoms with E-state index in [1.807, 2.05) is 6.92 Å². The van der Waals surface area contributed by atoms with Crippen LogP contribution >= 0.6 is 0 Å². The van der Waals surface area contributed by atoms with E-state index < -0.39 is 6.10 Å². The molecule has 0 radical (unpaired) electrons. The number of amides is 1. The Bertz CT molecular complexity index is 416. The fraction of sp³-hybridized carbons (Fsp3) is 0.947. The second-order valence-electron chi connectivity index (χ2n) is 7.65. The fourth-order valence-electron chi connectivity index (χ4n) is 4.64. The summed E-state index contributed by atoms with van der Waals surface area (Å²) in [6.07, 6.45) is 9.22. The zero-order valence-corrected chi connectivity index (χ0v) is 15.2. The van der Waals surface area contributed by atoms with Crippen LogP contribution in [0.4, 0.5) is 0 Å². The third-order valence-corrected chi connectivity index (χ3v) is 6.18. The van der Waals surface area contributed by atoms with Crippen molar-refractivity contribution in [3.8, 4) is 0 Å². The Kier molecular flexibility index (Phi) is 6.17. The van der Waals surface area contributed by atoms with Crippen LogP contribution in [-0.2, 0) is 19.0 Å². The van der Waals surface area contributed by atoms with Crippen LogP contribution in [0.25, 0.3) is 0 Å². The minimum Gasteiger partial charge on any atom is -0.378 e. The molecule has 2 saturated carbocycles. The smallest absolute Gasteiger partial charge is 0.249 e. The third-order valence-electron chi connectivity index (χ3n) is 6.18. The molecule has 24 heavy (non-hydrogen) atoms. The van der Waals surface area contributed by atoms with Gasteiger partial charge in [0.1, 0.15) is 6.10 Å². The van der Waals surface area contributed by atoms with Gasteiger partial charge in [-0.3, -0.25) is 4.79 Å². The van der Waals surface area contributed by atoms with Crippen molar-refractivity contribution >= 4 is 5.91 Å². The van der Waals surface area contributed by atoms with Gasteiger partial charge >= 0.3 is 0 Å². The van der Waals surface area contributed by atoms with Crippen LogP contribution in [0.1, 0.15) is 65.2 Å². The van der Waals surface area contributed by atoms with Crippen molar-refractivity contribution in [3.05, 3.63) is 0 Å². The Balaban J connectivity index is 1.45. The second-order valence-corrected chi connectivity index (χ2v) is 7.65. The van der Waals surface area contributed by atoms with Crippen LogP contribution in [0.15, 0.2) is 0 Å². The van der Waals surface area contributed by atoms with Crippen molar-refractivity contribution < 1.29 is 19.0 Å². The monoisotopic (exact) mass is 339 g/mol. The summed E-state index contributed by atoms with van der Waals surface area (Å²) < 4.78 is 17.4. The van der Waals surface area contributed by atoms with Crippen LogP contribution in [-0.4, -0.2) is 50.1 Å². The zero-order chi connectivity index (χ0) is 17.0. The number of carbonyl (C=O) groups is 1. The van der Waals surface area contributed by atoms with E-state index in [1.54, 1.807) is 0 Å². The molecular weight excluding hydrogens is 306 g/mol. The van der Waals surface area contributed by atoms with Gasteiger partial charge in [-0.2, -0.15) is 0 Å². The lowest BCUT2D eigenvalue weighted by molar-refractivity contribution is -0.152. The lowest BCUT2D eigenvalue weighted by atomic mass is 9.60. The fourth-order valence-corrected chi connectivity index (χ4v) is 4.64. The second kappa shape index (κ2) is 8.15. The number of carbonyl (C=O) groups excluding carboxylic acids is 1. The van der Waals surface area contributed by atoms with Crippen LogP contribution in [0.5, 0.6) is 0 Å². The van der Waals surface area contributed by atoms with E-state index in [-0.39, 0.29) is 23.5 Å². The molecule has 2 aliphatic carbocycles. The number of rotatable bonds is 7. The van der Waals surface area contributed by atoms with Crippen molar-refractivity contribution in [2.75, 3.05) is 19.8 Å². The molecule has 4 atom stereocenters. The first-order valence-corrected chi connectivity index (χ1v) is 9.81. The van der Waals surface area contributed by atoms with Crippen LogP contribution < -0.4 is 5.32 Å². The molecular formula is C19H33NO4. The van der Waals surface area contributed by atoms with E-state index in [2.05, 4.69) is 12.2 Å². The highest BCUT2D eigenvalue weighted by atomic mass is 16.5. The summed E-state index contributed by atoms with van der Waals surface area (Å²) in [5.41, 5.74) is 0.178. The van der Waals surface area contributed by atoms with Crippen molar-refractivity contribution in [1.82, 2.24) is 5.32 Å². The molecule has 1 spiro atoms. The first-order valence-electron chi connectivity index (χ1n) is 9.81. The number of hydrogen-bond acceptors (Lipinski definition) is 4. The molecule has 1 saturated heterocycles. The third kappa shape index (κ3) is 3.78. The Morgan fingerprint density at radius 1 is 1.29 bits per heavy atom. The molecule has 0 aromatic rings. The van der Waals surface area contributed by atoms with Gasteiger partial charge in [-0.05, 0) is 52.4 Å². The maximum absolute atomic E-state index is 12.5. The summed E-state index contributed by atoms with van der Waals surface area (Å²) in [5, 5.41) is 3.24. The number of hydrogen-bond donors (Lipinski definition) is 1. The molecule has 0 unspecified atom stereocenters. The number of ether oxygens (including phenoxy) is 3. The lowest BCUT2D eigenvalue weighted by Crippen LogP contribution is -2.64. The summed E-state index contributed by atoms with van der Waals surface area (Å²) in [6.45, 7) is 5.99. The molecule has 1 heterocycles. The Morgan fingerprint density at radius 3 is 2.75 bits per heavy atom. The van der Waals surface area contributed by atoms with E-state index in [9.17, 15) is 4.79 Å². The van der Waals surface area contributed by atoms with Crippen molar-refractivity contribution in [3.63, 3.8) is 0 Å². The van der Waals surface area contributed by atoms with Gasteiger partial charge in [-0.25, -0.2) is 0 Å². The van der Waals surface area contributed by atoms with Crippen LogP contribution in [0.3, 0.4) is 0 Å². The first kappa shape index (κ1) is 18.2. The van der Waals surface area contributed by atoms with Gasteiger partial charge < -0.3 is 19.5 Å². The normalized spacial score (nSPS) is 33.2. The quantitative estimate of drug-likeness (QED) is 0.775. The van der Waals surface area contributed by atoms with Gasteiger partial charge in [0, 0.05) is 24.7 Å². The molecule has 3 fully saturated rings. The van der Waals surface area contributed by atoms with E-state index in [0.29, 0.717) is 12.7 Å². The van der Waals surface area contributed by atoms with Gasteiger partial charge in [0.05, 0.1) is 18.8 Å². The summed E-state index contributed by atoms with van der Waals surface area (Å²) >= 11 is 0. The average molecular weight is 339 g/mol. The molecule has 0 bridgehead atoms. The molecule has 0 aromatic heterocycles. The lowest BCUT2D eigenvalue weighted by Gasteiger charge is -2.54. The van der Waals surface area contributed by atoms with Crippen molar-refractivity contribution in [1.29, 1.82) is 0 Å². The maximum atomic E-state index is 12.5. The highest BCUT2D eigenvalue weighted by Gasteiger charge is 2.57. The van der Waals surface area contributed by atoms with E-state index in [0.717, 1.165) is 32.5 Å². The first-order chi connectivity index (χ1) is 11.7. The largest absolute Gasteiger partial charge is 0.378 e. The number of nitrogens with one attached hydrogen (secondary N) is 1. The molecule has 1 N–H and O–H groups in total. The molecule has 3 rings (SSSR count). The van der Waals surface area contributed by atoms with Crippen molar-refractivity contribution in [2.24, 2.45) is 5.41 Å². The molecule has 138 valence electrons. The van der Waals surface area contributed by atoms with Crippen LogP contribution in [0.2, 0.25) is 0 Å². The molecule has 1 amide bonds. The minimum atomic E-state index is -0.417. The molecule has 3 aliphatic rings. The van der Waals surface area contributed by atoms with Gasteiger partial charge in [-0.15, -0.1) is 0 Å². The Labute approximate surface area is 145 Å². The molecule has 5 heteroatoms. The van der Waals surface area contributed by atoms with Crippen molar-refractivity contribution in [2.45, 2.75) is 89.6 Å². The highest BCUT2D eigenvalue weighted by molar-refractivity contribution is 5.80. The highest BCUT2D eigenvalue weighted by Crippen LogP contribution is 2.54. The summed E-state index contributed by atoms with van der Waals surface area (Å²) in [7, 11) is 0. The molecule has 5 nitrogen and oxygen atoms in total. The van der Waals surface area contributed by atoms with Gasteiger partial charge in [0.2, 0.25) is 5.91 Å². The Hall–Kier alpha value is -0.650. The molecule has 0 aromatic carbocycles. The van der Waals surface area contributed by atoms with Crippen LogP contribution in [0, 0.1) is 5.41 Å². The predicted octanol–water partition coefficient (Wildman–Crippen LogP) is 2.81. The standard InChI is InChI=1S/C19H33NO4/c1-3-22-17-12-16(19(17)9-5-6-10-19)20-18(21)14(2)24-13-15-8-4-7-11-23-15/h14-17H,3-13H2,1-2H3,(H,20,21)/t14-,15+,16-,17+/m0/s1. The Morgan fingerprint density at radius 2 is 2.08 bits per heavy atom. The maximum Gasteiger partial charge on any atom is 0.249 e.